The fourth-order valence-corrected chi connectivity index (χ4v) is 0.547. The molecular formula is C9H19NO4. The fraction of sp³-hybridized carbons (Fsp3) is 0.889. The number of hydrogen-bond donors (Lipinski definition) is 1. The Kier molecular flexibility index (Phi) is 6.44. The number of nitrogens with one attached hydrogen (secondary N) is 1. The molecule has 5 heteroatoms. The van der Waals surface area contributed by atoms with Crippen LogP contribution in [0.25, 0.3) is 0 Å². The van der Waals surface area contributed by atoms with E-state index in [1.165, 1.54) is 0 Å². The predicted octanol–water partition coefficient (Wildman–Crippen LogP) is 0.496. The number of carbonyl (C=O) groups is 1. The highest BCUT2D eigenvalue weighted by molar-refractivity contribution is 5.76. The van der Waals surface area contributed by atoms with E-state index in [1.54, 1.807) is 7.11 Å². The van der Waals surface area contributed by atoms with Crippen molar-refractivity contribution in [1.29, 1.82) is 0 Å². The number of hydrogen-bond acceptors (Lipinski definition) is 4. The Morgan fingerprint density at radius 1 is 1.29 bits per heavy atom. The zero-order chi connectivity index (χ0) is 11.0. The second kappa shape index (κ2) is 6.75. The third-order valence-corrected chi connectivity index (χ3v) is 1.14. The number of rotatable bonds is 6. The molecule has 0 fully saturated rings. The maximum Gasteiger partial charge on any atom is 0.269 e. The first-order valence-electron chi connectivity index (χ1n) is 4.49. The summed E-state index contributed by atoms with van der Waals surface area (Å²) in [5.74, 6) is -0.295. The molecule has 0 aliphatic carbocycles. The van der Waals surface area contributed by atoms with Crippen LogP contribution in [0.1, 0.15) is 20.8 Å². The Morgan fingerprint density at radius 3 is 2.43 bits per heavy atom. The van der Waals surface area contributed by atoms with E-state index < -0.39 is 0 Å². The molecule has 5 nitrogen and oxygen atoms in total. The van der Waals surface area contributed by atoms with E-state index >= 15 is 0 Å². The van der Waals surface area contributed by atoms with Gasteiger partial charge < -0.3 is 9.47 Å². The van der Waals surface area contributed by atoms with Gasteiger partial charge in [0.05, 0.1) is 18.8 Å². The lowest BCUT2D eigenvalue weighted by molar-refractivity contribution is -0.150. The summed E-state index contributed by atoms with van der Waals surface area (Å²) < 4.78 is 9.73. The van der Waals surface area contributed by atoms with Crippen molar-refractivity contribution in [3.8, 4) is 0 Å². The summed E-state index contributed by atoms with van der Waals surface area (Å²) in [5, 5.41) is 0. The van der Waals surface area contributed by atoms with Crippen molar-refractivity contribution in [2.75, 3.05) is 26.9 Å². The minimum atomic E-state index is -0.387. The lowest BCUT2D eigenvalue weighted by Gasteiger charge is -2.18. The highest BCUT2D eigenvalue weighted by Crippen LogP contribution is 2.02. The summed E-state index contributed by atoms with van der Waals surface area (Å²) >= 11 is 0. The average Bonchev–Trinajstić information content (AvgIpc) is 2.08. The second-order valence-corrected chi connectivity index (χ2v) is 3.79. The van der Waals surface area contributed by atoms with Crippen molar-refractivity contribution in [3.05, 3.63) is 0 Å². The first-order chi connectivity index (χ1) is 6.45. The number of carbonyl (C=O) groups excluding carboxylic acids is 1. The monoisotopic (exact) mass is 205 g/mol. The van der Waals surface area contributed by atoms with E-state index in [2.05, 4.69) is 5.48 Å². The van der Waals surface area contributed by atoms with Gasteiger partial charge in [-0.25, -0.2) is 5.48 Å². The van der Waals surface area contributed by atoms with Gasteiger partial charge in [0, 0.05) is 7.11 Å². The lowest BCUT2D eigenvalue weighted by Crippen LogP contribution is -2.35. The van der Waals surface area contributed by atoms with Crippen molar-refractivity contribution in [2.24, 2.45) is 0 Å². The van der Waals surface area contributed by atoms with Crippen LogP contribution in [0.3, 0.4) is 0 Å². The Balaban J connectivity index is 3.38. The molecule has 0 saturated heterocycles. The SMILES string of the molecule is COCCOCC(=O)NOC(C)(C)C. The summed E-state index contributed by atoms with van der Waals surface area (Å²) in [4.78, 5) is 16.1. The summed E-state index contributed by atoms with van der Waals surface area (Å²) in [6.07, 6.45) is 0. The van der Waals surface area contributed by atoms with E-state index in [0.29, 0.717) is 13.2 Å². The van der Waals surface area contributed by atoms with Crippen LogP contribution in [0.4, 0.5) is 0 Å². The zero-order valence-corrected chi connectivity index (χ0v) is 9.25. The Bertz CT molecular complexity index is 165. The van der Waals surface area contributed by atoms with Gasteiger partial charge in [0.1, 0.15) is 6.61 Å². The van der Waals surface area contributed by atoms with Crippen molar-refractivity contribution in [3.63, 3.8) is 0 Å². The number of hydroxylamine groups is 1. The predicted molar refractivity (Wildman–Crippen MR) is 51.7 cm³/mol. The van der Waals surface area contributed by atoms with Gasteiger partial charge in [0.25, 0.3) is 5.91 Å². The van der Waals surface area contributed by atoms with Gasteiger partial charge in [0.2, 0.25) is 0 Å². The molecule has 0 aromatic heterocycles. The van der Waals surface area contributed by atoms with Gasteiger partial charge in [-0.2, -0.15) is 0 Å². The van der Waals surface area contributed by atoms with Crippen LogP contribution in [0.5, 0.6) is 0 Å². The van der Waals surface area contributed by atoms with Gasteiger partial charge in [-0.1, -0.05) is 0 Å². The second-order valence-electron chi connectivity index (χ2n) is 3.79. The van der Waals surface area contributed by atoms with Gasteiger partial charge in [-0.3, -0.25) is 9.63 Å². The van der Waals surface area contributed by atoms with E-state index in [0.717, 1.165) is 0 Å². The van der Waals surface area contributed by atoms with E-state index in [-0.39, 0.29) is 18.1 Å². The van der Waals surface area contributed by atoms with Crippen LogP contribution in [-0.2, 0) is 19.1 Å². The van der Waals surface area contributed by atoms with Crippen LogP contribution < -0.4 is 5.48 Å². The van der Waals surface area contributed by atoms with Crippen molar-refractivity contribution in [1.82, 2.24) is 5.48 Å². The Labute approximate surface area is 84.7 Å². The normalized spacial score (nSPS) is 11.4. The first kappa shape index (κ1) is 13.4. The Hall–Kier alpha value is -0.650. The van der Waals surface area contributed by atoms with Crippen LogP contribution in [0.15, 0.2) is 0 Å². The molecule has 0 spiro atoms. The van der Waals surface area contributed by atoms with Gasteiger partial charge in [-0.15, -0.1) is 0 Å². The van der Waals surface area contributed by atoms with Crippen molar-refractivity contribution in [2.45, 2.75) is 26.4 Å². The third kappa shape index (κ3) is 9.44. The molecule has 0 aliphatic rings. The summed E-state index contributed by atoms with van der Waals surface area (Å²) in [6, 6.07) is 0. The molecule has 84 valence electrons. The molecule has 0 aromatic carbocycles. The standard InChI is InChI=1S/C9H19NO4/c1-9(2,3)14-10-8(11)7-13-6-5-12-4/h5-7H2,1-4H3,(H,10,11). The quantitative estimate of drug-likeness (QED) is 0.506. The number of methoxy groups -OCH3 is 1. The van der Waals surface area contributed by atoms with E-state index in [9.17, 15) is 4.79 Å². The maximum absolute atomic E-state index is 11.1. The highest BCUT2D eigenvalue weighted by atomic mass is 16.7. The smallest absolute Gasteiger partial charge is 0.269 e. The molecule has 0 unspecified atom stereocenters. The lowest BCUT2D eigenvalue weighted by atomic mass is 10.2. The fourth-order valence-electron chi connectivity index (χ4n) is 0.547. The molecule has 0 aromatic rings. The minimum absolute atomic E-state index is 0.0144. The van der Waals surface area contributed by atoms with Gasteiger partial charge in [-0.05, 0) is 20.8 Å². The minimum Gasteiger partial charge on any atom is -0.382 e. The maximum atomic E-state index is 11.1. The average molecular weight is 205 g/mol. The zero-order valence-electron chi connectivity index (χ0n) is 9.25. The van der Waals surface area contributed by atoms with Crippen LogP contribution >= 0.6 is 0 Å². The third-order valence-electron chi connectivity index (χ3n) is 1.14. The molecule has 0 atom stereocenters. The van der Waals surface area contributed by atoms with E-state index in [4.69, 9.17) is 14.3 Å². The van der Waals surface area contributed by atoms with Crippen molar-refractivity contribution >= 4 is 5.91 Å². The molecule has 0 rings (SSSR count). The van der Waals surface area contributed by atoms with E-state index in [1.807, 2.05) is 20.8 Å². The summed E-state index contributed by atoms with van der Waals surface area (Å²) in [6.45, 7) is 6.41. The number of amides is 1. The van der Waals surface area contributed by atoms with Crippen LogP contribution in [0.2, 0.25) is 0 Å². The molecule has 14 heavy (non-hydrogen) atoms. The van der Waals surface area contributed by atoms with Gasteiger partial charge >= 0.3 is 0 Å². The molecule has 1 amide bonds. The molecule has 1 N–H and O–H groups in total. The topological polar surface area (TPSA) is 56.8 Å². The first-order valence-corrected chi connectivity index (χ1v) is 4.49. The summed E-state index contributed by atoms with van der Waals surface area (Å²) in [5.41, 5.74) is 1.91. The Morgan fingerprint density at radius 2 is 1.93 bits per heavy atom. The molecule has 0 radical (unpaired) electrons. The molecular weight excluding hydrogens is 186 g/mol. The largest absolute Gasteiger partial charge is 0.382 e. The van der Waals surface area contributed by atoms with Crippen LogP contribution in [-0.4, -0.2) is 38.4 Å². The van der Waals surface area contributed by atoms with Gasteiger partial charge in [0.15, 0.2) is 0 Å². The number of ether oxygens (including phenoxy) is 2. The molecule has 0 aliphatic heterocycles. The molecule has 0 saturated carbocycles. The molecule has 0 bridgehead atoms. The van der Waals surface area contributed by atoms with Crippen molar-refractivity contribution < 1.29 is 19.1 Å². The molecule has 0 heterocycles. The highest BCUT2D eigenvalue weighted by Gasteiger charge is 2.12. The summed E-state index contributed by atoms with van der Waals surface area (Å²) in [7, 11) is 1.58. The van der Waals surface area contributed by atoms with Crippen LogP contribution in [0, 0.1) is 0 Å².